The zero-order valence-corrected chi connectivity index (χ0v) is 23.9. The van der Waals surface area contributed by atoms with E-state index in [1.165, 1.54) is 6.33 Å². The fraction of sp³-hybridized carbons (Fsp3) is 0.267. The molecule has 6 heterocycles. The molecule has 0 bridgehead atoms. The molecule has 1 amide bonds. The smallest absolute Gasteiger partial charge is 0.272 e. The maximum absolute atomic E-state index is 13.3. The Morgan fingerprint density at radius 3 is 2.77 bits per heavy atom. The molecule has 0 spiro atoms. The topological polar surface area (TPSA) is 158 Å². The molecule has 13 heteroatoms. The van der Waals surface area contributed by atoms with Crippen molar-refractivity contribution >= 4 is 39.3 Å². The number of fused-ring (bicyclic) bond motifs is 2. The molecule has 1 saturated heterocycles. The van der Waals surface area contributed by atoms with Crippen molar-refractivity contribution in [2.24, 2.45) is 7.05 Å². The van der Waals surface area contributed by atoms with Crippen LogP contribution in [-0.2, 0) is 13.6 Å². The molecule has 1 aliphatic rings. The first-order valence-corrected chi connectivity index (χ1v) is 14.1. The third-order valence-electron chi connectivity index (χ3n) is 8.17. The first-order chi connectivity index (χ1) is 21.0. The molecule has 4 N–H and O–H groups in total. The van der Waals surface area contributed by atoms with Crippen molar-refractivity contribution in [2.45, 2.75) is 25.4 Å². The first-order valence-electron chi connectivity index (χ1n) is 14.1. The van der Waals surface area contributed by atoms with Crippen molar-refractivity contribution in [1.82, 2.24) is 44.2 Å². The molecule has 1 aliphatic heterocycles. The van der Waals surface area contributed by atoms with Crippen molar-refractivity contribution in [3.05, 3.63) is 73.0 Å². The highest BCUT2D eigenvalue weighted by atomic mass is 16.5. The highest BCUT2D eigenvalue weighted by molar-refractivity contribution is 6.07. The summed E-state index contributed by atoms with van der Waals surface area (Å²) >= 11 is 0. The summed E-state index contributed by atoms with van der Waals surface area (Å²) in [6, 6.07) is 9.46. The largest absolute Gasteiger partial charge is 0.495 e. The van der Waals surface area contributed by atoms with Gasteiger partial charge >= 0.3 is 0 Å². The average Bonchev–Trinajstić information content (AvgIpc) is 3.77. The zero-order chi connectivity index (χ0) is 29.5. The van der Waals surface area contributed by atoms with E-state index < -0.39 is 0 Å². The molecule has 7 rings (SSSR count). The van der Waals surface area contributed by atoms with E-state index in [0.717, 1.165) is 54.6 Å². The van der Waals surface area contributed by atoms with Gasteiger partial charge < -0.3 is 25.3 Å². The lowest BCUT2D eigenvalue weighted by molar-refractivity contribution is 0.101. The Labute approximate surface area is 246 Å². The van der Waals surface area contributed by atoms with E-state index in [1.807, 2.05) is 52.8 Å². The van der Waals surface area contributed by atoms with Gasteiger partial charge in [0.15, 0.2) is 5.65 Å². The standard InChI is InChI=1S/C30H31N11O2/c1-39-23(11-18-5-8-32-14-24(18)39)30(42)37-22-4-3-19(12-25(22)43-2)27-26-28(31)35-17-36-29(26)41(38-27)21-6-9-40(10-7-21)15-20-13-33-16-34-20/h3-5,8,11-14,16-17,21H,6-7,9-10,15H2,1-2H3,(H,33,34)(H,37,42)(H2,31,35,36). The van der Waals surface area contributed by atoms with Gasteiger partial charge in [0.1, 0.15) is 29.3 Å². The highest BCUT2D eigenvalue weighted by Crippen LogP contribution is 2.37. The fourth-order valence-electron chi connectivity index (χ4n) is 5.91. The number of hydrogen-bond donors (Lipinski definition) is 3. The van der Waals surface area contributed by atoms with Gasteiger partial charge in [-0.05, 0) is 37.1 Å². The molecule has 0 saturated carbocycles. The van der Waals surface area contributed by atoms with Gasteiger partial charge in [0.2, 0.25) is 0 Å². The van der Waals surface area contributed by atoms with Gasteiger partial charge in [-0.3, -0.25) is 14.7 Å². The molecular weight excluding hydrogens is 546 g/mol. The number of carbonyl (C=O) groups excluding carboxylic acids is 1. The first kappa shape index (κ1) is 26.6. The Morgan fingerprint density at radius 2 is 2.00 bits per heavy atom. The Morgan fingerprint density at radius 1 is 1.14 bits per heavy atom. The number of imidazole rings is 1. The molecule has 1 fully saturated rings. The van der Waals surface area contributed by atoms with Gasteiger partial charge in [-0.2, -0.15) is 5.10 Å². The zero-order valence-electron chi connectivity index (χ0n) is 23.9. The predicted octanol–water partition coefficient (Wildman–Crippen LogP) is 3.78. The van der Waals surface area contributed by atoms with Gasteiger partial charge in [0.25, 0.3) is 5.91 Å². The van der Waals surface area contributed by atoms with Crippen LogP contribution in [0.5, 0.6) is 5.75 Å². The number of piperidine rings is 1. The summed E-state index contributed by atoms with van der Waals surface area (Å²) < 4.78 is 9.53. The van der Waals surface area contributed by atoms with E-state index >= 15 is 0 Å². The minimum atomic E-state index is -0.254. The summed E-state index contributed by atoms with van der Waals surface area (Å²) in [5.41, 5.74) is 11.6. The van der Waals surface area contributed by atoms with Crippen LogP contribution in [0.2, 0.25) is 0 Å². The van der Waals surface area contributed by atoms with E-state index in [9.17, 15) is 4.79 Å². The van der Waals surface area contributed by atoms with E-state index in [4.69, 9.17) is 15.6 Å². The molecule has 6 aromatic rings. The quantitative estimate of drug-likeness (QED) is 0.257. The second-order valence-corrected chi connectivity index (χ2v) is 10.7. The summed E-state index contributed by atoms with van der Waals surface area (Å²) in [6.45, 7) is 2.69. The molecule has 1 aromatic carbocycles. The minimum Gasteiger partial charge on any atom is -0.495 e. The number of aromatic nitrogens is 8. The Balaban J connectivity index is 1.17. The molecule has 0 radical (unpaired) electrons. The number of nitrogen functional groups attached to an aromatic ring is 1. The number of pyridine rings is 1. The van der Waals surface area contributed by atoms with Gasteiger partial charge in [0, 0.05) is 55.7 Å². The number of H-pyrrole nitrogens is 1. The fourth-order valence-corrected chi connectivity index (χ4v) is 5.91. The van der Waals surface area contributed by atoms with Crippen LogP contribution in [0, 0.1) is 0 Å². The van der Waals surface area contributed by atoms with Crippen molar-refractivity contribution < 1.29 is 9.53 Å². The summed E-state index contributed by atoms with van der Waals surface area (Å²) in [5, 5.41) is 9.67. The third-order valence-corrected chi connectivity index (χ3v) is 8.17. The summed E-state index contributed by atoms with van der Waals surface area (Å²) in [7, 11) is 3.42. The number of nitrogens with zero attached hydrogens (tertiary/aromatic N) is 8. The summed E-state index contributed by atoms with van der Waals surface area (Å²) in [4.78, 5) is 36.0. The summed E-state index contributed by atoms with van der Waals surface area (Å²) in [5.74, 6) is 0.608. The van der Waals surface area contributed by atoms with Crippen LogP contribution in [0.4, 0.5) is 11.5 Å². The maximum Gasteiger partial charge on any atom is 0.272 e. The second kappa shape index (κ2) is 10.8. The van der Waals surface area contributed by atoms with Gasteiger partial charge in [0.05, 0.1) is 42.3 Å². The second-order valence-electron chi connectivity index (χ2n) is 10.7. The van der Waals surface area contributed by atoms with Gasteiger partial charge in [-0.25, -0.2) is 19.6 Å². The number of nitrogens with one attached hydrogen (secondary N) is 2. The van der Waals surface area contributed by atoms with Crippen molar-refractivity contribution in [2.75, 3.05) is 31.2 Å². The van der Waals surface area contributed by atoms with E-state index in [0.29, 0.717) is 39.7 Å². The van der Waals surface area contributed by atoms with Gasteiger partial charge in [-0.1, -0.05) is 6.07 Å². The molecule has 0 unspecified atom stereocenters. The van der Waals surface area contributed by atoms with Crippen LogP contribution in [0.3, 0.4) is 0 Å². The molecule has 0 aliphatic carbocycles. The Hall–Kier alpha value is -5.30. The van der Waals surface area contributed by atoms with Crippen molar-refractivity contribution in [3.8, 4) is 17.0 Å². The number of amides is 1. The monoisotopic (exact) mass is 577 g/mol. The lowest BCUT2D eigenvalue weighted by Gasteiger charge is -2.31. The highest BCUT2D eigenvalue weighted by Gasteiger charge is 2.27. The number of aromatic amines is 1. The Kier molecular flexibility index (Phi) is 6.70. The Bertz CT molecular complexity index is 1940. The number of carbonyl (C=O) groups is 1. The number of hydrogen-bond acceptors (Lipinski definition) is 9. The molecule has 218 valence electrons. The number of ether oxygens (including phenoxy) is 1. The van der Waals surface area contributed by atoms with E-state index in [1.54, 1.807) is 25.8 Å². The van der Waals surface area contributed by atoms with Gasteiger partial charge in [-0.15, -0.1) is 0 Å². The van der Waals surface area contributed by atoms with E-state index in [2.05, 4.69) is 35.1 Å². The maximum atomic E-state index is 13.3. The minimum absolute atomic E-state index is 0.167. The normalized spacial score (nSPS) is 14.5. The van der Waals surface area contributed by atoms with Crippen LogP contribution < -0.4 is 15.8 Å². The van der Waals surface area contributed by atoms with E-state index in [-0.39, 0.29) is 11.9 Å². The van der Waals surface area contributed by atoms with Crippen molar-refractivity contribution in [3.63, 3.8) is 0 Å². The number of aryl methyl sites for hydroxylation is 1. The molecule has 43 heavy (non-hydrogen) atoms. The number of anilines is 2. The lowest BCUT2D eigenvalue weighted by atomic mass is 10.0. The molecular formula is C30H31N11O2. The van der Waals surface area contributed by atoms with Crippen LogP contribution in [0.15, 0.2) is 61.6 Å². The number of benzene rings is 1. The molecule has 13 nitrogen and oxygen atoms in total. The number of methoxy groups -OCH3 is 1. The number of nitrogens with two attached hydrogens (primary N) is 1. The average molecular weight is 578 g/mol. The van der Waals surface area contributed by atoms with Crippen LogP contribution in [0.1, 0.15) is 35.1 Å². The third kappa shape index (κ3) is 4.83. The van der Waals surface area contributed by atoms with Crippen LogP contribution >= 0.6 is 0 Å². The van der Waals surface area contributed by atoms with Crippen molar-refractivity contribution in [1.29, 1.82) is 0 Å². The van der Waals surface area contributed by atoms with Crippen LogP contribution in [0.25, 0.3) is 33.2 Å². The summed E-state index contributed by atoms with van der Waals surface area (Å²) in [6.07, 6.45) is 10.4. The number of rotatable bonds is 7. The molecule has 5 aromatic heterocycles. The van der Waals surface area contributed by atoms with Crippen LogP contribution in [-0.4, -0.2) is 70.3 Å². The predicted molar refractivity (Wildman–Crippen MR) is 163 cm³/mol. The SMILES string of the molecule is COc1cc(-c2nn(C3CCN(Cc4cnc[nH]4)CC3)c3ncnc(N)c23)ccc1NC(=O)c1cc2ccncc2n1C. The number of likely N-dealkylation sites (tertiary alicyclic amines) is 1. The lowest BCUT2D eigenvalue weighted by Crippen LogP contribution is -2.34. The molecule has 0 atom stereocenters.